The Kier molecular flexibility index (Phi) is 5.91. The zero-order valence-corrected chi connectivity index (χ0v) is 17.9. The van der Waals surface area contributed by atoms with Gasteiger partial charge in [-0.2, -0.15) is 4.98 Å². The lowest BCUT2D eigenvalue weighted by Crippen LogP contribution is -2.37. The van der Waals surface area contributed by atoms with Crippen molar-refractivity contribution in [3.63, 3.8) is 0 Å². The van der Waals surface area contributed by atoms with E-state index in [4.69, 9.17) is 19.7 Å². The Morgan fingerprint density at radius 1 is 1.17 bits per heavy atom. The molecule has 1 N–H and O–H groups in total. The lowest BCUT2D eigenvalue weighted by atomic mass is 10.1. The summed E-state index contributed by atoms with van der Waals surface area (Å²) in [7, 11) is 0. The summed E-state index contributed by atoms with van der Waals surface area (Å²) in [6, 6.07) is 7.47. The molecule has 0 radical (unpaired) electrons. The van der Waals surface area contributed by atoms with E-state index in [1.807, 2.05) is 12.1 Å². The SMILES string of the molecule is CCSc1nc2c(-c3cccc(O)c3)nc(N3CCOCC3)nc2n1C(C)CC. The third-order valence-corrected chi connectivity index (χ3v) is 6.05. The first kappa shape index (κ1) is 20.0. The smallest absolute Gasteiger partial charge is 0.228 e. The monoisotopic (exact) mass is 413 g/mol. The molecule has 1 unspecified atom stereocenters. The van der Waals surface area contributed by atoms with Gasteiger partial charge in [0.25, 0.3) is 0 Å². The van der Waals surface area contributed by atoms with E-state index in [2.05, 4.69) is 30.2 Å². The molecule has 1 aliphatic rings. The van der Waals surface area contributed by atoms with Gasteiger partial charge in [0.05, 0.1) is 13.2 Å². The molecule has 8 heteroatoms. The van der Waals surface area contributed by atoms with Gasteiger partial charge in [-0.3, -0.25) is 0 Å². The van der Waals surface area contributed by atoms with Gasteiger partial charge in [0, 0.05) is 24.7 Å². The van der Waals surface area contributed by atoms with Crippen LogP contribution in [-0.4, -0.2) is 56.7 Å². The Labute approximate surface area is 175 Å². The molecule has 0 aliphatic carbocycles. The molecule has 4 rings (SSSR count). The number of ether oxygens (including phenoxy) is 1. The van der Waals surface area contributed by atoms with Crippen LogP contribution in [0.3, 0.4) is 0 Å². The molecule has 1 fully saturated rings. The summed E-state index contributed by atoms with van der Waals surface area (Å²) in [6.07, 6.45) is 0.987. The molecule has 0 amide bonds. The second-order valence-electron chi connectivity index (χ2n) is 7.15. The van der Waals surface area contributed by atoms with Crippen molar-refractivity contribution in [1.82, 2.24) is 19.5 Å². The maximum atomic E-state index is 10.0. The van der Waals surface area contributed by atoms with Gasteiger partial charge in [0.1, 0.15) is 17.0 Å². The van der Waals surface area contributed by atoms with Crippen molar-refractivity contribution in [3.8, 4) is 17.0 Å². The average molecular weight is 414 g/mol. The summed E-state index contributed by atoms with van der Waals surface area (Å²) in [4.78, 5) is 17.0. The summed E-state index contributed by atoms with van der Waals surface area (Å²) in [5.41, 5.74) is 3.23. The molecule has 1 aliphatic heterocycles. The van der Waals surface area contributed by atoms with Crippen LogP contribution >= 0.6 is 11.8 Å². The first-order valence-electron chi connectivity index (χ1n) is 10.2. The van der Waals surface area contributed by atoms with Crippen LogP contribution in [0.2, 0.25) is 0 Å². The maximum Gasteiger partial charge on any atom is 0.228 e. The Morgan fingerprint density at radius 3 is 2.66 bits per heavy atom. The summed E-state index contributed by atoms with van der Waals surface area (Å²) < 4.78 is 7.74. The predicted octanol–water partition coefficient (Wildman–Crippen LogP) is 4.12. The maximum absolute atomic E-state index is 10.0. The third-order valence-electron chi connectivity index (χ3n) is 5.21. The van der Waals surface area contributed by atoms with Crippen LogP contribution in [0.4, 0.5) is 5.95 Å². The number of thioether (sulfide) groups is 1. The minimum absolute atomic E-state index is 0.215. The van der Waals surface area contributed by atoms with E-state index in [1.165, 1.54) is 0 Å². The molecule has 0 saturated carbocycles. The van der Waals surface area contributed by atoms with E-state index in [-0.39, 0.29) is 11.8 Å². The molecule has 1 aromatic carbocycles. The molecule has 0 spiro atoms. The van der Waals surface area contributed by atoms with Gasteiger partial charge in [-0.25, -0.2) is 9.97 Å². The van der Waals surface area contributed by atoms with Gasteiger partial charge in [0.15, 0.2) is 10.8 Å². The number of nitrogens with zero attached hydrogens (tertiary/aromatic N) is 5. The molecule has 1 saturated heterocycles. The largest absolute Gasteiger partial charge is 0.508 e. The van der Waals surface area contributed by atoms with E-state index < -0.39 is 0 Å². The Balaban J connectivity index is 1.98. The van der Waals surface area contributed by atoms with Crippen LogP contribution in [0.5, 0.6) is 5.75 Å². The highest BCUT2D eigenvalue weighted by atomic mass is 32.2. The minimum Gasteiger partial charge on any atom is -0.508 e. The zero-order chi connectivity index (χ0) is 20.4. The predicted molar refractivity (Wildman–Crippen MR) is 117 cm³/mol. The first-order chi connectivity index (χ1) is 14.1. The van der Waals surface area contributed by atoms with E-state index in [0.29, 0.717) is 19.2 Å². The number of hydrogen-bond acceptors (Lipinski definition) is 7. The van der Waals surface area contributed by atoms with Gasteiger partial charge in [0.2, 0.25) is 5.95 Å². The number of benzene rings is 1. The number of aromatic hydroxyl groups is 1. The fourth-order valence-corrected chi connectivity index (χ4v) is 4.33. The molecular formula is C21H27N5O2S. The first-order valence-corrected chi connectivity index (χ1v) is 11.2. The second kappa shape index (κ2) is 8.59. The molecule has 154 valence electrons. The third kappa shape index (κ3) is 3.91. The Hall–Kier alpha value is -2.32. The van der Waals surface area contributed by atoms with E-state index >= 15 is 0 Å². The Morgan fingerprint density at radius 2 is 1.97 bits per heavy atom. The number of fused-ring (bicyclic) bond motifs is 1. The number of morpholine rings is 1. The number of hydrogen-bond donors (Lipinski definition) is 1. The number of phenols is 1. The topological polar surface area (TPSA) is 76.3 Å². The zero-order valence-electron chi connectivity index (χ0n) is 17.1. The molecule has 2 aromatic heterocycles. The van der Waals surface area contributed by atoms with Crippen LogP contribution in [0, 0.1) is 0 Å². The standard InChI is InChI=1S/C21H27N5O2S/c1-4-14(3)26-19-18(23-21(26)29-5-2)17(15-7-6-8-16(27)13-15)22-20(24-19)25-9-11-28-12-10-25/h6-8,13-14,27H,4-5,9-12H2,1-3H3. The van der Waals surface area contributed by atoms with Crippen molar-refractivity contribution in [2.45, 2.75) is 38.4 Å². The van der Waals surface area contributed by atoms with Gasteiger partial charge < -0.3 is 19.3 Å². The Bertz CT molecular complexity index is 1000. The normalized spacial score (nSPS) is 15.8. The average Bonchev–Trinajstić information content (AvgIpc) is 3.11. The summed E-state index contributed by atoms with van der Waals surface area (Å²) in [5.74, 6) is 1.84. The molecule has 1 atom stereocenters. The highest BCUT2D eigenvalue weighted by Gasteiger charge is 2.24. The highest BCUT2D eigenvalue weighted by molar-refractivity contribution is 7.99. The van der Waals surface area contributed by atoms with E-state index in [9.17, 15) is 5.11 Å². The summed E-state index contributed by atoms with van der Waals surface area (Å²) >= 11 is 1.72. The van der Waals surface area contributed by atoms with Crippen molar-refractivity contribution < 1.29 is 9.84 Å². The van der Waals surface area contributed by atoms with Crippen molar-refractivity contribution in [2.24, 2.45) is 0 Å². The molecule has 3 heterocycles. The summed E-state index contributed by atoms with van der Waals surface area (Å²) in [5, 5.41) is 11.0. The van der Waals surface area contributed by atoms with Gasteiger partial charge in [-0.1, -0.05) is 37.7 Å². The molecule has 7 nitrogen and oxygen atoms in total. The van der Waals surface area contributed by atoms with Crippen LogP contribution in [0.25, 0.3) is 22.4 Å². The van der Waals surface area contributed by atoms with Crippen LogP contribution in [0.1, 0.15) is 33.2 Å². The van der Waals surface area contributed by atoms with Gasteiger partial charge >= 0.3 is 0 Å². The van der Waals surface area contributed by atoms with Crippen molar-refractivity contribution in [2.75, 3.05) is 37.0 Å². The number of anilines is 1. The lowest BCUT2D eigenvalue weighted by molar-refractivity contribution is 0.122. The second-order valence-corrected chi connectivity index (χ2v) is 8.38. The van der Waals surface area contributed by atoms with Crippen molar-refractivity contribution in [1.29, 1.82) is 0 Å². The number of rotatable bonds is 6. The quantitative estimate of drug-likeness (QED) is 0.609. The molecular weight excluding hydrogens is 386 g/mol. The van der Waals surface area contributed by atoms with E-state index in [1.54, 1.807) is 23.9 Å². The van der Waals surface area contributed by atoms with Gasteiger partial charge in [-0.05, 0) is 31.2 Å². The van der Waals surface area contributed by atoms with Crippen molar-refractivity contribution >= 4 is 28.9 Å². The fourth-order valence-electron chi connectivity index (χ4n) is 3.51. The molecule has 3 aromatic rings. The fraction of sp³-hybridized carbons (Fsp3) is 0.476. The highest BCUT2D eigenvalue weighted by Crippen LogP contribution is 2.35. The van der Waals surface area contributed by atoms with Crippen molar-refractivity contribution in [3.05, 3.63) is 24.3 Å². The minimum atomic E-state index is 0.215. The molecule has 29 heavy (non-hydrogen) atoms. The van der Waals surface area contributed by atoms with Gasteiger partial charge in [-0.15, -0.1) is 0 Å². The van der Waals surface area contributed by atoms with Crippen LogP contribution in [0.15, 0.2) is 29.4 Å². The van der Waals surface area contributed by atoms with Crippen LogP contribution < -0.4 is 4.90 Å². The van der Waals surface area contributed by atoms with E-state index in [0.717, 1.165) is 52.8 Å². The molecule has 0 bridgehead atoms. The number of imidazole rings is 1. The van der Waals surface area contributed by atoms with Crippen LogP contribution in [-0.2, 0) is 4.74 Å². The number of aromatic nitrogens is 4. The number of phenolic OH excluding ortho intramolecular Hbond substituents is 1. The lowest BCUT2D eigenvalue weighted by Gasteiger charge is -2.27. The summed E-state index contributed by atoms with van der Waals surface area (Å²) in [6.45, 7) is 9.38.